The molecule has 7 heteroatoms. The summed E-state index contributed by atoms with van der Waals surface area (Å²) in [5.41, 5.74) is 0.265. The van der Waals surface area contributed by atoms with Crippen molar-refractivity contribution in [3.05, 3.63) is 30.1 Å². The molecule has 2 N–H and O–H groups in total. The third kappa shape index (κ3) is 6.64. The normalized spacial score (nSPS) is 13.2. The van der Waals surface area contributed by atoms with Crippen molar-refractivity contribution >= 4 is 11.9 Å². The third-order valence-electron chi connectivity index (χ3n) is 2.83. The summed E-state index contributed by atoms with van der Waals surface area (Å²) in [6, 6.07) is 3.12. The van der Waals surface area contributed by atoms with Crippen LogP contribution in [0.2, 0.25) is 0 Å². The van der Waals surface area contributed by atoms with Gasteiger partial charge in [-0.1, -0.05) is 19.8 Å². The van der Waals surface area contributed by atoms with Gasteiger partial charge in [-0.3, -0.25) is 4.98 Å². The molecule has 0 spiro atoms. The van der Waals surface area contributed by atoms with Crippen LogP contribution >= 0.6 is 0 Å². The minimum absolute atomic E-state index is 0.265. The molecular formula is C15H21NO6. The molecule has 0 amide bonds. The maximum Gasteiger partial charge on any atom is 0.339 e. The van der Waals surface area contributed by atoms with Crippen molar-refractivity contribution in [3.8, 4) is 0 Å². The van der Waals surface area contributed by atoms with Crippen LogP contribution in [0, 0.1) is 0 Å². The Morgan fingerprint density at radius 2 is 2.00 bits per heavy atom. The van der Waals surface area contributed by atoms with E-state index in [1.807, 2.05) is 6.92 Å². The zero-order valence-electron chi connectivity index (χ0n) is 12.5. The summed E-state index contributed by atoms with van der Waals surface area (Å²) >= 11 is 0. The molecule has 122 valence electrons. The fourth-order valence-electron chi connectivity index (χ4n) is 1.58. The predicted octanol–water partition coefficient (Wildman–Crippen LogP) is 0.694. The van der Waals surface area contributed by atoms with Gasteiger partial charge in [0.1, 0.15) is 19.3 Å². The van der Waals surface area contributed by atoms with E-state index < -0.39 is 24.1 Å². The zero-order chi connectivity index (χ0) is 16.4. The third-order valence-corrected chi connectivity index (χ3v) is 2.83. The highest BCUT2D eigenvalue weighted by atomic mass is 16.6. The number of aliphatic hydroxyl groups excluding tert-OH is 2. The molecule has 0 fully saturated rings. The number of unbranched alkanes of at least 4 members (excludes halogenated alkanes) is 1. The topological polar surface area (TPSA) is 106 Å². The number of nitrogens with zero attached hydrogens (tertiary/aromatic N) is 1. The van der Waals surface area contributed by atoms with Crippen LogP contribution < -0.4 is 0 Å². The lowest BCUT2D eigenvalue weighted by Crippen LogP contribution is -2.29. The summed E-state index contributed by atoms with van der Waals surface area (Å²) in [7, 11) is 0. The molecule has 7 nitrogen and oxygen atoms in total. The molecule has 1 rings (SSSR count). The quantitative estimate of drug-likeness (QED) is 0.646. The van der Waals surface area contributed by atoms with E-state index in [4.69, 9.17) is 9.47 Å². The number of carbonyl (C=O) groups excluding carboxylic acids is 2. The number of hydrogen-bond acceptors (Lipinski definition) is 7. The summed E-state index contributed by atoms with van der Waals surface area (Å²) in [5, 5.41) is 19.1. The molecule has 0 aliphatic carbocycles. The van der Waals surface area contributed by atoms with Crippen molar-refractivity contribution in [1.82, 2.24) is 4.98 Å². The van der Waals surface area contributed by atoms with Crippen LogP contribution in [0.3, 0.4) is 0 Å². The van der Waals surface area contributed by atoms with Crippen molar-refractivity contribution in [2.24, 2.45) is 0 Å². The van der Waals surface area contributed by atoms with Crippen LogP contribution in [0.1, 0.15) is 36.5 Å². The van der Waals surface area contributed by atoms with Crippen LogP contribution in [0.15, 0.2) is 24.5 Å². The van der Waals surface area contributed by atoms with Gasteiger partial charge in [-0.25, -0.2) is 9.59 Å². The molecule has 0 aliphatic rings. The van der Waals surface area contributed by atoms with Crippen molar-refractivity contribution in [1.29, 1.82) is 0 Å². The van der Waals surface area contributed by atoms with Gasteiger partial charge in [-0.05, 0) is 18.6 Å². The molecule has 1 aromatic rings. The Morgan fingerprint density at radius 3 is 2.64 bits per heavy atom. The first-order valence-corrected chi connectivity index (χ1v) is 7.14. The molecule has 1 heterocycles. The second-order valence-electron chi connectivity index (χ2n) is 4.78. The number of pyridine rings is 1. The molecule has 0 radical (unpaired) electrons. The van der Waals surface area contributed by atoms with Gasteiger partial charge in [-0.2, -0.15) is 0 Å². The van der Waals surface area contributed by atoms with Crippen molar-refractivity contribution in [3.63, 3.8) is 0 Å². The highest BCUT2D eigenvalue weighted by Crippen LogP contribution is 2.03. The molecule has 0 aromatic carbocycles. The van der Waals surface area contributed by atoms with Gasteiger partial charge in [0.25, 0.3) is 0 Å². The Hall–Kier alpha value is -1.99. The van der Waals surface area contributed by atoms with Crippen LogP contribution in [-0.2, 0) is 14.3 Å². The van der Waals surface area contributed by atoms with E-state index in [9.17, 15) is 19.8 Å². The van der Waals surface area contributed by atoms with Gasteiger partial charge >= 0.3 is 11.9 Å². The first-order chi connectivity index (χ1) is 10.5. The molecule has 22 heavy (non-hydrogen) atoms. The maximum atomic E-state index is 11.6. The highest BCUT2D eigenvalue weighted by Gasteiger charge is 2.18. The van der Waals surface area contributed by atoms with Gasteiger partial charge in [-0.15, -0.1) is 0 Å². The van der Waals surface area contributed by atoms with Crippen LogP contribution in [0.5, 0.6) is 0 Å². The predicted molar refractivity (Wildman–Crippen MR) is 77.0 cm³/mol. The lowest BCUT2D eigenvalue weighted by Gasteiger charge is -2.14. The summed E-state index contributed by atoms with van der Waals surface area (Å²) in [4.78, 5) is 26.8. The average Bonchev–Trinajstić information content (AvgIpc) is 2.55. The molecule has 0 aliphatic heterocycles. The van der Waals surface area contributed by atoms with E-state index in [-0.39, 0.29) is 18.8 Å². The van der Waals surface area contributed by atoms with Crippen molar-refractivity contribution in [2.75, 3.05) is 13.2 Å². The van der Waals surface area contributed by atoms with Gasteiger partial charge in [0.05, 0.1) is 5.56 Å². The van der Waals surface area contributed by atoms with E-state index in [1.165, 1.54) is 18.5 Å². The molecule has 0 saturated heterocycles. The average molecular weight is 311 g/mol. The summed E-state index contributed by atoms with van der Waals surface area (Å²) in [6.07, 6.45) is 2.42. The largest absolute Gasteiger partial charge is 0.461 e. The van der Waals surface area contributed by atoms with E-state index in [0.717, 1.165) is 6.42 Å². The number of ether oxygens (including phenoxy) is 2. The Kier molecular flexibility index (Phi) is 8.09. The number of rotatable bonds is 9. The van der Waals surface area contributed by atoms with Gasteiger partial charge in [0, 0.05) is 12.4 Å². The Labute approximate surface area is 128 Å². The second kappa shape index (κ2) is 9.86. The lowest BCUT2D eigenvalue weighted by atomic mass is 10.2. The Balaban J connectivity index is 2.24. The molecule has 0 saturated carbocycles. The smallest absolute Gasteiger partial charge is 0.339 e. The fourth-order valence-corrected chi connectivity index (χ4v) is 1.58. The SMILES string of the molecule is CCCCC(O)C(=O)OCC(O)COC(=O)c1cccnc1. The number of aliphatic hydroxyl groups is 2. The molecule has 0 bridgehead atoms. The monoisotopic (exact) mass is 311 g/mol. The van der Waals surface area contributed by atoms with Crippen LogP contribution in [-0.4, -0.2) is 52.6 Å². The first-order valence-electron chi connectivity index (χ1n) is 7.14. The second-order valence-corrected chi connectivity index (χ2v) is 4.78. The van der Waals surface area contributed by atoms with Crippen LogP contribution in [0.4, 0.5) is 0 Å². The minimum Gasteiger partial charge on any atom is -0.461 e. The van der Waals surface area contributed by atoms with Crippen molar-refractivity contribution in [2.45, 2.75) is 38.4 Å². The summed E-state index contributed by atoms with van der Waals surface area (Å²) in [6.45, 7) is 1.28. The molecule has 2 atom stereocenters. The summed E-state index contributed by atoms with van der Waals surface area (Å²) < 4.78 is 9.62. The maximum absolute atomic E-state index is 11.6. The molecular weight excluding hydrogens is 290 g/mol. The lowest BCUT2D eigenvalue weighted by molar-refractivity contribution is -0.157. The van der Waals surface area contributed by atoms with Gasteiger partial charge in [0.2, 0.25) is 0 Å². The van der Waals surface area contributed by atoms with Crippen molar-refractivity contribution < 1.29 is 29.3 Å². The van der Waals surface area contributed by atoms with Crippen LogP contribution in [0.25, 0.3) is 0 Å². The molecule has 1 aromatic heterocycles. The highest BCUT2D eigenvalue weighted by molar-refractivity contribution is 5.88. The van der Waals surface area contributed by atoms with E-state index in [1.54, 1.807) is 6.07 Å². The Morgan fingerprint density at radius 1 is 1.27 bits per heavy atom. The standard InChI is InChI=1S/C15H21NO6/c1-2-3-6-13(18)15(20)22-10-12(17)9-21-14(19)11-5-4-7-16-8-11/h4-5,7-8,12-13,17-18H,2-3,6,9-10H2,1H3. The van der Waals surface area contributed by atoms with Gasteiger partial charge in [0.15, 0.2) is 6.10 Å². The van der Waals surface area contributed by atoms with E-state index in [2.05, 4.69) is 4.98 Å². The number of aromatic nitrogens is 1. The number of esters is 2. The fraction of sp³-hybridized carbons (Fsp3) is 0.533. The number of carbonyl (C=O) groups is 2. The van der Waals surface area contributed by atoms with E-state index in [0.29, 0.717) is 12.8 Å². The summed E-state index contributed by atoms with van der Waals surface area (Å²) in [5.74, 6) is -1.41. The molecule has 2 unspecified atom stereocenters. The van der Waals surface area contributed by atoms with Gasteiger partial charge < -0.3 is 19.7 Å². The number of hydrogen-bond donors (Lipinski definition) is 2. The zero-order valence-corrected chi connectivity index (χ0v) is 12.5. The van der Waals surface area contributed by atoms with E-state index >= 15 is 0 Å². The minimum atomic E-state index is -1.19. The Bertz CT molecular complexity index is 464. The first kappa shape index (κ1) is 18.1.